The molecule has 3 rings (SSSR count). The fourth-order valence-corrected chi connectivity index (χ4v) is 2.66. The van der Waals surface area contributed by atoms with E-state index in [2.05, 4.69) is 56.4 Å². The third-order valence-electron chi connectivity index (χ3n) is 2.49. The van der Waals surface area contributed by atoms with Gasteiger partial charge >= 0.3 is 0 Å². The predicted octanol–water partition coefficient (Wildman–Crippen LogP) is -0.233. The molecule has 15 heteroatoms. The van der Waals surface area contributed by atoms with E-state index in [1.807, 2.05) is 0 Å². The van der Waals surface area contributed by atoms with Gasteiger partial charge in [0.2, 0.25) is 23.5 Å². The van der Waals surface area contributed by atoms with Crippen molar-refractivity contribution in [2.75, 3.05) is 22.1 Å². The van der Waals surface area contributed by atoms with Gasteiger partial charge < -0.3 is 10.6 Å². The molecule has 0 aliphatic heterocycles. The maximum atomic E-state index is 11.9. The zero-order valence-corrected chi connectivity index (χ0v) is 13.9. The highest BCUT2D eigenvalue weighted by Gasteiger charge is 2.16. The molecule has 3 aromatic rings. The summed E-state index contributed by atoms with van der Waals surface area (Å²) in [4.78, 5) is 23.8. The van der Waals surface area contributed by atoms with Crippen molar-refractivity contribution >= 4 is 47.0 Å². The summed E-state index contributed by atoms with van der Waals surface area (Å²) in [5.41, 5.74) is 0. The topological polar surface area (TPSA) is 180 Å². The van der Waals surface area contributed by atoms with E-state index in [4.69, 9.17) is 0 Å². The van der Waals surface area contributed by atoms with Crippen LogP contribution in [0.15, 0.2) is 27.1 Å². The second kappa shape index (κ2) is 8.25. The first-order valence-corrected chi connectivity index (χ1v) is 8.57. The van der Waals surface area contributed by atoms with E-state index >= 15 is 0 Å². The molecule has 4 N–H and O–H groups in total. The summed E-state index contributed by atoms with van der Waals surface area (Å²) < 4.78 is 4.55. The molecule has 0 aromatic carbocycles. The lowest BCUT2D eigenvalue weighted by atomic mass is 10.5. The Balaban J connectivity index is 1.47. The molecule has 0 aliphatic rings. The van der Waals surface area contributed by atoms with Crippen LogP contribution in [0.4, 0.5) is 11.6 Å². The lowest BCUT2D eigenvalue weighted by Crippen LogP contribution is -2.19. The van der Waals surface area contributed by atoms with Gasteiger partial charge in [-0.05, 0) is 10.3 Å². The van der Waals surface area contributed by atoms with Gasteiger partial charge in [-0.15, -0.1) is 10.2 Å². The Bertz CT molecular complexity index is 751. The van der Waals surface area contributed by atoms with Gasteiger partial charge in [0.05, 0.1) is 23.9 Å². The molecule has 0 bridgehead atoms. The lowest BCUT2D eigenvalue weighted by Gasteiger charge is -2.03. The minimum Gasteiger partial charge on any atom is -0.304 e. The molecule has 0 atom stereocenters. The van der Waals surface area contributed by atoms with Crippen LogP contribution in [-0.2, 0) is 9.59 Å². The van der Waals surface area contributed by atoms with Crippen LogP contribution in [0, 0.1) is 0 Å². The number of hydrogen-bond donors (Lipinski definition) is 4. The average molecular weight is 382 g/mol. The second-order valence-corrected chi connectivity index (χ2v) is 6.24. The van der Waals surface area contributed by atoms with Crippen LogP contribution in [0.25, 0.3) is 0 Å². The van der Waals surface area contributed by atoms with Gasteiger partial charge in [0, 0.05) is 0 Å². The third kappa shape index (κ3) is 5.01. The molecule has 3 aromatic heterocycles. The molecule has 0 spiro atoms. The minimum absolute atomic E-state index is 0.0190. The van der Waals surface area contributed by atoms with Crippen molar-refractivity contribution in [3.63, 3.8) is 0 Å². The molecule has 3 heterocycles. The number of rotatable bonds is 8. The van der Waals surface area contributed by atoms with Gasteiger partial charge in [0.1, 0.15) is 10.1 Å². The van der Waals surface area contributed by atoms with Gasteiger partial charge in [-0.2, -0.15) is 20.6 Å². The van der Waals surface area contributed by atoms with Gasteiger partial charge in [0.15, 0.2) is 0 Å². The number of carbonyl (C=O) groups is 2. The molecule has 0 unspecified atom stereocenters. The van der Waals surface area contributed by atoms with Crippen molar-refractivity contribution in [1.82, 2.24) is 41.1 Å². The molecule has 0 saturated carbocycles. The van der Waals surface area contributed by atoms with Crippen LogP contribution in [0.3, 0.4) is 0 Å². The van der Waals surface area contributed by atoms with Crippen molar-refractivity contribution in [3.8, 4) is 0 Å². The number of H-pyrrole nitrogens is 2. The number of nitrogens with zero attached hydrogens (tertiary/aromatic N) is 6. The van der Waals surface area contributed by atoms with Crippen LogP contribution in [0.5, 0.6) is 0 Å². The second-order valence-electron chi connectivity index (χ2n) is 4.25. The van der Waals surface area contributed by atoms with E-state index in [1.165, 1.54) is 35.9 Å². The van der Waals surface area contributed by atoms with E-state index < -0.39 is 0 Å². The Labute approximate surface area is 147 Å². The molecule has 25 heavy (non-hydrogen) atoms. The number of aromatic nitrogens is 8. The molecule has 0 aliphatic carbocycles. The van der Waals surface area contributed by atoms with E-state index in [9.17, 15) is 9.59 Å². The Hall–Kier alpha value is -2.94. The van der Waals surface area contributed by atoms with E-state index in [0.717, 1.165) is 0 Å². The molecule has 0 saturated heterocycles. The summed E-state index contributed by atoms with van der Waals surface area (Å²) in [5.74, 6) is -0.535. The fraction of sp³-hybridized carbons (Fsp3) is 0.200. The molecule has 13 nitrogen and oxygen atoms in total. The monoisotopic (exact) mass is 382 g/mol. The standard InChI is InChI=1S/C10H10N10O3S2/c21-5(3-24-7-1-11-19-15-7)13-9-10(18-23-17-9)14-6(22)4-25-8-2-12-20-16-8/h1-2H,3-4H2,(H,11,15,19)(H,12,16,20)(H,13,17,21)(H,14,18,22). The summed E-state index contributed by atoms with van der Waals surface area (Å²) in [6, 6.07) is 0. The number of aromatic amines is 2. The van der Waals surface area contributed by atoms with Crippen LogP contribution < -0.4 is 10.6 Å². The summed E-state index contributed by atoms with van der Waals surface area (Å²) in [5, 5.41) is 33.0. The maximum absolute atomic E-state index is 11.9. The summed E-state index contributed by atoms with van der Waals surface area (Å²) in [6.45, 7) is 0. The molecule has 2 amide bonds. The first kappa shape index (κ1) is 16.9. The zero-order chi connectivity index (χ0) is 17.5. The Morgan fingerprint density at radius 2 is 1.40 bits per heavy atom. The molecule has 0 fully saturated rings. The zero-order valence-electron chi connectivity index (χ0n) is 12.3. The highest BCUT2D eigenvalue weighted by molar-refractivity contribution is 8.00. The molecule has 130 valence electrons. The van der Waals surface area contributed by atoms with Crippen LogP contribution in [0.1, 0.15) is 0 Å². The first-order valence-electron chi connectivity index (χ1n) is 6.60. The van der Waals surface area contributed by atoms with Crippen LogP contribution in [0.2, 0.25) is 0 Å². The third-order valence-corrected chi connectivity index (χ3v) is 4.29. The SMILES string of the molecule is O=C(CSc1cn[nH]n1)Nc1nonc1NC(=O)CSc1cn[nH]n1. The summed E-state index contributed by atoms with van der Waals surface area (Å²) in [7, 11) is 0. The summed E-state index contributed by atoms with van der Waals surface area (Å²) in [6.07, 6.45) is 2.99. The highest BCUT2D eigenvalue weighted by Crippen LogP contribution is 2.19. The van der Waals surface area contributed by atoms with Gasteiger partial charge in [-0.1, -0.05) is 23.5 Å². The highest BCUT2D eigenvalue weighted by atomic mass is 32.2. The predicted molar refractivity (Wildman–Crippen MR) is 85.8 cm³/mol. The minimum atomic E-state index is -0.365. The maximum Gasteiger partial charge on any atom is 0.236 e. The largest absolute Gasteiger partial charge is 0.304 e. The number of hydrogen-bond acceptors (Lipinski definition) is 11. The molecule has 0 radical (unpaired) electrons. The van der Waals surface area contributed by atoms with Gasteiger partial charge in [-0.25, -0.2) is 4.63 Å². The van der Waals surface area contributed by atoms with Crippen molar-refractivity contribution in [2.24, 2.45) is 0 Å². The number of carbonyl (C=O) groups excluding carboxylic acids is 2. The fourth-order valence-electron chi connectivity index (χ4n) is 1.49. The smallest absolute Gasteiger partial charge is 0.236 e. The van der Waals surface area contributed by atoms with Crippen molar-refractivity contribution in [3.05, 3.63) is 12.4 Å². The number of thioether (sulfide) groups is 2. The normalized spacial score (nSPS) is 10.6. The van der Waals surface area contributed by atoms with Gasteiger partial charge in [0.25, 0.3) is 0 Å². The van der Waals surface area contributed by atoms with Crippen LogP contribution in [-0.4, -0.2) is 64.5 Å². The van der Waals surface area contributed by atoms with Crippen molar-refractivity contribution in [1.29, 1.82) is 0 Å². The lowest BCUT2D eigenvalue weighted by molar-refractivity contribution is -0.114. The Morgan fingerprint density at radius 1 is 0.920 bits per heavy atom. The quantitative estimate of drug-likeness (QED) is 0.378. The van der Waals surface area contributed by atoms with Crippen molar-refractivity contribution < 1.29 is 14.2 Å². The molecular formula is C10H10N10O3S2. The van der Waals surface area contributed by atoms with Gasteiger partial charge in [-0.3, -0.25) is 9.59 Å². The van der Waals surface area contributed by atoms with E-state index in [-0.39, 0.29) is 35.0 Å². The Kier molecular flexibility index (Phi) is 5.57. The number of anilines is 2. The van der Waals surface area contributed by atoms with Crippen LogP contribution >= 0.6 is 23.5 Å². The van der Waals surface area contributed by atoms with Crippen molar-refractivity contribution in [2.45, 2.75) is 10.1 Å². The first-order chi connectivity index (χ1) is 12.2. The summed E-state index contributed by atoms with van der Waals surface area (Å²) >= 11 is 2.36. The number of nitrogens with one attached hydrogen (secondary N) is 4. The number of amides is 2. The van der Waals surface area contributed by atoms with E-state index in [0.29, 0.717) is 10.1 Å². The molecular weight excluding hydrogens is 372 g/mol. The Morgan fingerprint density at radius 3 is 1.80 bits per heavy atom. The van der Waals surface area contributed by atoms with E-state index in [1.54, 1.807) is 0 Å². The average Bonchev–Trinajstić information content (AvgIpc) is 3.35.